The van der Waals surface area contributed by atoms with E-state index in [1.165, 1.54) is 6.92 Å². The standard InChI is InChI=1S/C12H17NO6S/c1-7(2)6-13-11(14)8(3)20(17,18)10-5-4-9(19-10)12(15)16/h4-5,7-8H,6H2,1-3H3,(H,13,14)(H,15,16). The van der Waals surface area contributed by atoms with Gasteiger partial charge in [0, 0.05) is 6.54 Å². The van der Waals surface area contributed by atoms with Crippen molar-refractivity contribution >= 4 is 21.7 Å². The van der Waals surface area contributed by atoms with E-state index in [1.807, 2.05) is 13.8 Å². The average molecular weight is 303 g/mol. The number of carboxylic acids is 1. The molecule has 7 nitrogen and oxygen atoms in total. The van der Waals surface area contributed by atoms with Crippen molar-refractivity contribution in [3.8, 4) is 0 Å². The molecular formula is C12H17NO6S. The number of rotatable bonds is 6. The molecule has 0 aliphatic heterocycles. The number of carboxylic acid groups (broad SMARTS) is 1. The first-order valence-electron chi connectivity index (χ1n) is 6.01. The molecule has 20 heavy (non-hydrogen) atoms. The van der Waals surface area contributed by atoms with E-state index in [-0.39, 0.29) is 5.92 Å². The van der Waals surface area contributed by atoms with E-state index in [0.717, 1.165) is 12.1 Å². The van der Waals surface area contributed by atoms with Gasteiger partial charge in [-0.15, -0.1) is 0 Å². The molecule has 0 bridgehead atoms. The molecule has 2 N–H and O–H groups in total. The number of carbonyl (C=O) groups excluding carboxylic acids is 1. The molecule has 8 heteroatoms. The fraction of sp³-hybridized carbons (Fsp3) is 0.500. The van der Waals surface area contributed by atoms with Crippen molar-refractivity contribution in [1.82, 2.24) is 5.32 Å². The van der Waals surface area contributed by atoms with Gasteiger partial charge >= 0.3 is 5.97 Å². The first-order valence-corrected chi connectivity index (χ1v) is 7.55. The summed E-state index contributed by atoms with van der Waals surface area (Å²) in [5, 5.41) is 9.32. The Morgan fingerprint density at radius 3 is 2.35 bits per heavy atom. The highest BCUT2D eigenvalue weighted by Gasteiger charge is 2.32. The minimum Gasteiger partial charge on any atom is -0.475 e. The van der Waals surface area contributed by atoms with Crippen LogP contribution in [0.1, 0.15) is 31.3 Å². The van der Waals surface area contributed by atoms with E-state index >= 15 is 0 Å². The maximum absolute atomic E-state index is 12.1. The molecule has 1 rings (SSSR count). The summed E-state index contributed by atoms with van der Waals surface area (Å²) in [4.78, 5) is 22.4. The number of aromatic carboxylic acids is 1. The van der Waals surface area contributed by atoms with Gasteiger partial charge in [0.25, 0.3) is 0 Å². The highest BCUT2D eigenvalue weighted by atomic mass is 32.2. The molecule has 1 amide bonds. The number of amides is 1. The van der Waals surface area contributed by atoms with E-state index < -0.39 is 37.8 Å². The van der Waals surface area contributed by atoms with Crippen molar-refractivity contribution in [2.75, 3.05) is 6.54 Å². The molecule has 0 fully saturated rings. The topological polar surface area (TPSA) is 114 Å². The number of hydrogen-bond acceptors (Lipinski definition) is 5. The van der Waals surface area contributed by atoms with Crippen LogP contribution in [0, 0.1) is 5.92 Å². The Morgan fingerprint density at radius 1 is 1.30 bits per heavy atom. The van der Waals surface area contributed by atoms with Gasteiger partial charge in [0.05, 0.1) is 0 Å². The van der Waals surface area contributed by atoms with Crippen molar-refractivity contribution in [3.63, 3.8) is 0 Å². The van der Waals surface area contributed by atoms with Crippen LogP contribution >= 0.6 is 0 Å². The van der Waals surface area contributed by atoms with Crippen molar-refractivity contribution in [2.24, 2.45) is 5.92 Å². The van der Waals surface area contributed by atoms with E-state index in [0.29, 0.717) is 6.54 Å². The molecule has 0 saturated carbocycles. The maximum atomic E-state index is 12.1. The Morgan fingerprint density at radius 2 is 1.90 bits per heavy atom. The molecular weight excluding hydrogens is 286 g/mol. The number of hydrogen-bond donors (Lipinski definition) is 2. The number of nitrogens with one attached hydrogen (secondary N) is 1. The highest BCUT2D eigenvalue weighted by molar-refractivity contribution is 7.92. The lowest BCUT2D eigenvalue weighted by Crippen LogP contribution is -2.39. The predicted molar refractivity (Wildman–Crippen MR) is 70.2 cm³/mol. The van der Waals surface area contributed by atoms with Gasteiger partial charge in [-0.3, -0.25) is 4.79 Å². The summed E-state index contributed by atoms with van der Waals surface area (Å²) >= 11 is 0. The first kappa shape index (κ1) is 16.2. The van der Waals surface area contributed by atoms with Gasteiger partial charge in [0.2, 0.25) is 26.6 Å². The molecule has 1 heterocycles. The fourth-order valence-corrected chi connectivity index (χ4v) is 2.53. The molecule has 0 aliphatic carbocycles. The van der Waals surface area contributed by atoms with Gasteiger partial charge in [0.15, 0.2) is 0 Å². The van der Waals surface area contributed by atoms with Gasteiger partial charge in [-0.2, -0.15) is 0 Å². The summed E-state index contributed by atoms with van der Waals surface area (Å²) < 4.78 is 29.0. The second-order valence-corrected chi connectivity index (χ2v) is 6.95. The maximum Gasteiger partial charge on any atom is 0.371 e. The molecule has 0 spiro atoms. The van der Waals surface area contributed by atoms with Crippen molar-refractivity contribution in [2.45, 2.75) is 31.1 Å². The minimum atomic E-state index is -4.04. The summed E-state index contributed by atoms with van der Waals surface area (Å²) in [6, 6.07) is 2.07. The molecule has 0 aliphatic rings. The zero-order chi connectivity index (χ0) is 15.5. The average Bonchev–Trinajstić information content (AvgIpc) is 2.85. The third kappa shape index (κ3) is 3.60. The molecule has 1 atom stereocenters. The Balaban J connectivity index is 2.91. The van der Waals surface area contributed by atoms with E-state index in [4.69, 9.17) is 9.52 Å². The summed E-state index contributed by atoms with van der Waals surface area (Å²) in [5.74, 6) is -2.32. The lowest BCUT2D eigenvalue weighted by atomic mass is 10.2. The summed E-state index contributed by atoms with van der Waals surface area (Å²) in [6.45, 7) is 5.35. The lowest BCUT2D eigenvalue weighted by molar-refractivity contribution is -0.120. The van der Waals surface area contributed by atoms with Crippen LogP contribution < -0.4 is 5.32 Å². The number of sulfone groups is 1. The van der Waals surface area contributed by atoms with Gasteiger partial charge in [-0.25, -0.2) is 13.2 Å². The van der Waals surface area contributed by atoms with Crippen LogP contribution in [0.25, 0.3) is 0 Å². The normalized spacial score (nSPS) is 13.2. The first-order chi connectivity index (χ1) is 9.16. The van der Waals surface area contributed by atoms with Crippen LogP contribution in [0.15, 0.2) is 21.6 Å². The van der Waals surface area contributed by atoms with E-state index in [1.54, 1.807) is 0 Å². The van der Waals surface area contributed by atoms with Crippen LogP contribution in [0.4, 0.5) is 0 Å². The fourth-order valence-electron chi connectivity index (χ4n) is 1.35. The van der Waals surface area contributed by atoms with Crippen LogP contribution in [0.3, 0.4) is 0 Å². The quantitative estimate of drug-likeness (QED) is 0.807. The second kappa shape index (κ2) is 6.08. The summed E-state index contributed by atoms with van der Waals surface area (Å²) in [6.07, 6.45) is 0. The molecule has 1 unspecified atom stereocenters. The van der Waals surface area contributed by atoms with Crippen LogP contribution in [-0.4, -0.2) is 37.2 Å². The van der Waals surface area contributed by atoms with Crippen molar-refractivity contribution in [3.05, 3.63) is 17.9 Å². The smallest absolute Gasteiger partial charge is 0.371 e. The third-order valence-electron chi connectivity index (χ3n) is 2.59. The Labute approximate surface area is 116 Å². The molecule has 1 aromatic rings. The Bertz CT molecular complexity index is 601. The molecule has 0 aromatic carbocycles. The highest BCUT2D eigenvalue weighted by Crippen LogP contribution is 2.19. The van der Waals surface area contributed by atoms with E-state index in [2.05, 4.69) is 5.32 Å². The van der Waals surface area contributed by atoms with Crippen molar-refractivity contribution < 1.29 is 27.5 Å². The monoisotopic (exact) mass is 303 g/mol. The van der Waals surface area contributed by atoms with Crippen LogP contribution in [-0.2, 0) is 14.6 Å². The second-order valence-electron chi connectivity index (χ2n) is 4.75. The van der Waals surface area contributed by atoms with Gasteiger partial charge in [-0.1, -0.05) is 13.8 Å². The van der Waals surface area contributed by atoms with Crippen molar-refractivity contribution in [1.29, 1.82) is 0 Å². The summed E-state index contributed by atoms with van der Waals surface area (Å²) in [5.41, 5.74) is 0. The molecule has 0 radical (unpaired) electrons. The third-order valence-corrected chi connectivity index (χ3v) is 4.52. The number of carbonyl (C=O) groups is 2. The SMILES string of the molecule is CC(C)CNC(=O)C(C)S(=O)(=O)c1ccc(C(=O)O)o1. The predicted octanol–water partition coefficient (Wildman–Crippen LogP) is 0.912. The van der Waals surface area contributed by atoms with Gasteiger partial charge < -0.3 is 14.8 Å². The van der Waals surface area contributed by atoms with Gasteiger partial charge in [-0.05, 0) is 25.0 Å². The Hall–Kier alpha value is -1.83. The molecule has 1 aromatic heterocycles. The van der Waals surface area contributed by atoms with Gasteiger partial charge in [0.1, 0.15) is 5.25 Å². The largest absolute Gasteiger partial charge is 0.475 e. The minimum absolute atomic E-state index is 0.191. The zero-order valence-electron chi connectivity index (χ0n) is 11.4. The van der Waals surface area contributed by atoms with E-state index in [9.17, 15) is 18.0 Å². The molecule has 112 valence electrons. The lowest BCUT2D eigenvalue weighted by Gasteiger charge is -2.13. The molecule has 0 saturated heterocycles. The summed E-state index contributed by atoms with van der Waals surface area (Å²) in [7, 11) is -4.04. The zero-order valence-corrected chi connectivity index (χ0v) is 12.2. The van der Waals surface area contributed by atoms with Crippen LogP contribution in [0.5, 0.6) is 0 Å². The van der Waals surface area contributed by atoms with Crippen LogP contribution in [0.2, 0.25) is 0 Å². The Kier molecular flexibility index (Phi) is 4.93. The number of furan rings is 1.